The molecular weight excluding hydrogens is 294 g/mol. The van der Waals surface area contributed by atoms with E-state index in [9.17, 15) is 4.79 Å². The fourth-order valence-corrected chi connectivity index (χ4v) is 2.32. The zero-order chi connectivity index (χ0) is 16.2. The molecule has 3 rings (SSSR count). The van der Waals surface area contributed by atoms with Gasteiger partial charge >= 0.3 is 6.03 Å². The second-order valence-corrected chi connectivity index (χ2v) is 5.40. The molecule has 6 heteroatoms. The predicted octanol–water partition coefficient (Wildman–Crippen LogP) is 3.32. The van der Waals surface area contributed by atoms with Gasteiger partial charge in [-0.25, -0.2) is 4.79 Å². The Balaban J connectivity index is 1.56. The molecule has 0 saturated heterocycles. The normalized spacial score (nSPS) is 10.9. The molecule has 2 aromatic heterocycles. The van der Waals surface area contributed by atoms with Gasteiger partial charge in [0.05, 0.1) is 18.8 Å². The van der Waals surface area contributed by atoms with Crippen LogP contribution in [0.25, 0.3) is 11.0 Å². The number of amides is 2. The number of benzene rings is 1. The Morgan fingerprint density at radius 1 is 1.26 bits per heavy atom. The van der Waals surface area contributed by atoms with Crippen molar-refractivity contribution in [3.05, 3.63) is 53.6 Å². The van der Waals surface area contributed by atoms with Gasteiger partial charge in [0.2, 0.25) is 0 Å². The van der Waals surface area contributed by atoms with Crippen LogP contribution in [0.3, 0.4) is 0 Å². The molecule has 0 aliphatic heterocycles. The fraction of sp³-hybridized carbons (Fsp3) is 0.294. The number of fused-ring (bicyclic) bond motifs is 1. The highest BCUT2D eigenvalue weighted by molar-refractivity contribution is 5.78. The summed E-state index contributed by atoms with van der Waals surface area (Å²) in [7, 11) is 1.72. The number of rotatable bonds is 5. The maximum atomic E-state index is 12.1. The van der Waals surface area contributed by atoms with Gasteiger partial charge in [0, 0.05) is 18.5 Å². The minimum atomic E-state index is -0.195. The van der Waals surface area contributed by atoms with Gasteiger partial charge in [-0.05, 0) is 18.6 Å². The molecule has 1 aromatic carbocycles. The third-order valence-electron chi connectivity index (χ3n) is 3.60. The third kappa shape index (κ3) is 3.53. The quantitative estimate of drug-likeness (QED) is 0.784. The van der Waals surface area contributed by atoms with Crippen LogP contribution < -0.4 is 5.32 Å². The highest BCUT2D eigenvalue weighted by Crippen LogP contribution is 2.19. The van der Waals surface area contributed by atoms with E-state index in [1.165, 1.54) is 0 Å². The Morgan fingerprint density at radius 3 is 2.83 bits per heavy atom. The van der Waals surface area contributed by atoms with Crippen LogP contribution in [0, 0.1) is 0 Å². The molecule has 120 valence electrons. The molecule has 2 amide bonds. The first kappa shape index (κ1) is 15.1. The maximum absolute atomic E-state index is 12.1. The minimum absolute atomic E-state index is 0.195. The van der Waals surface area contributed by atoms with Crippen molar-refractivity contribution in [3.63, 3.8) is 0 Å². The zero-order valence-electron chi connectivity index (χ0n) is 13.2. The Kier molecular flexibility index (Phi) is 4.32. The zero-order valence-corrected chi connectivity index (χ0v) is 13.2. The molecule has 23 heavy (non-hydrogen) atoms. The molecular formula is C17H19N3O3. The lowest BCUT2D eigenvalue weighted by Gasteiger charge is -2.15. The molecule has 0 fully saturated rings. The van der Waals surface area contributed by atoms with Crippen molar-refractivity contribution in [2.75, 3.05) is 7.05 Å². The summed E-state index contributed by atoms with van der Waals surface area (Å²) in [6.45, 7) is 2.72. The highest BCUT2D eigenvalue weighted by Gasteiger charge is 2.13. The van der Waals surface area contributed by atoms with E-state index in [4.69, 9.17) is 8.94 Å². The maximum Gasteiger partial charge on any atom is 0.317 e. The van der Waals surface area contributed by atoms with Crippen LogP contribution in [-0.4, -0.2) is 23.1 Å². The number of aryl methyl sites for hydroxylation is 1. The number of para-hydroxylation sites is 1. The molecule has 6 nitrogen and oxygen atoms in total. The van der Waals surface area contributed by atoms with Crippen molar-refractivity contribution >= 4 is 17.0 Å². The number of furan rings is 1. The van der Waals surface area contributed by atoms with E-state index >= 15 is 0 Å². The van der Waals surface area contributed by atoms with Gasteiger partial charge in [0.15, 0.2) is 5.76 Å². The minimum Gasteiger partial charge on any atom is -0.459 e. The molecule has 0 atom stereocenters. The lowest BCUT2D eigenvalue weighted by molar-refractivity contribution is 0.201. The van der Waals surface area contributed by atoms with E-state index in [0.717, 1.165) is 28.8 Å². The molecule has 0 aliphatic carbocycles. The van der Waals surface area contributed by atoms with E-state index < -0.39 is 0 Å². The number of carbonyl (C=O) groups excluding carboxylic acids is 1. The molecule has 0 bridgehead atoms. The largest absolute Gasteiger partial charge is 0.459 e. The summed E-state index contributed by atoms with van der Waals surface area (Å²) in [5.74, 6) is 1.39. The van der Waals surface area contributed by atoms with E-state index in [1.54, 1.807) is 11.9 Å². The molecule has 0 unspecified atom stereocenters. The van der Waals surface area contributed by atoms with Crippen LogP contribution in [0.1, 0.15) is 24.1 Å². The summed E-state index contributed by atoms with van der Waals surface area (Å²) in [4.78, 5) is 13.7. The van der Waals surface area contributed by atoms with Crippen LogP contribution in [0.2, 0.25) is 0 Å². The van der Waals surface area contributed by atoms with Crippen molar-refractivity contribution in [1.29, 1.82) is 0 Å². The topological polar surface area (TPSA) is 71.5 Å². The van der Waals surface area contributed by atoms with E-state index in [1.807, 2.05) is 43.3 Å². The second kappa shape index (κ2) is 6.56. The van der Waals surface area contributed by atoms with Crippen LogP contribution >= 0.6 is 0 Å². The molecule has 0 spiro atoms. The molecule has 0 aliphatic rings. The van der Waals surface area contributed by atoms with E-state index in [0.29, 0.717) is 18.8 Å². The number of urea groups is 1. The van der Waals surface area contributed by atoms with Gasteiger partial charge in [0.25, 0.3) is 0 Å². The first-order chi connectivity index (χ1) is 11.2. The number of hydrogen-bond acceptors (Lipinski definition) is 4. The Bertz CT molecular complexity index is 773. The van der Waals surface area contributed by atoms with E-state index in [2.05, 4.69) is 10.5 Å². The average molecular weight is 313 g/mol. The van der Waals surface area contributed by atoms with Gasteiger partial charge in [-0.15, -0.1) is 0 Å². The van der Waals surface area contributed by atoms with Crippen LogP contribution in [0.4, 0.5) is 4.79 Å². The highest BCUT2D eigenvalue weighted by atomic mass is 16.5. The number of aromatic nitrogens is 1. The molecule has 2 heterocycles. The number of carbonyl (C=O) groups is 1. The van der Waals surface area contributed by atoms with Gasteiger partial charge in [0.1, 0.15) is 11.3 Å². The third-order valence-corrected chi connectivity index (χ3v) is 3.60. The number of hydrogen-bond donors (Lipinski definition) is 1. The molecule has 0 saturated carbocycles. The summed E-state index contributed by atoms with van der Waals surface area (Å²) in [6, 6.07) is 11.4. The van der Waals surface area contributed by atoms with Gasteiger partial charge < -0.3 is 19.2 Å². The van der Waals surface area contributed by atoms with Crippen molar-refractivity contribution < 1.29 is 13.7 Å². The lowest BCUT2D eigenvalue weighted by atomic mass is 10.2. The van der Waals surface area contributed by atoms with Crippen LogP contribution in [0.5, 0.6) is 0 Å². The first-order valence-electron chi connectivity index (χ1n) is 7.56. The fourth-order valence-electron chi connectivity index (χ4n) is 2.32. The Hall–Kier alpha value is -2.76. The van der Waals surface area contributed by atoms with Crippen LogP contribution in [-0.2, 0) is 19.5 Å². The van der Waals surface area contributed by atoms with E-state index in [-0.39, 0.29) is 6.03 Å². The second-order valence-electron chi connectivity index (χ2n) is 5.40. The molecule has 3 aromatic rings. The van der Waals surface area contributed by atoms with Crippen molar-refractivity contribution in [2.24, 2.45) is 0 Å². The molecule has 1 N–H and O–H groups in total. The van der Waals surface area contributed by atoms with Gasteiger partial charge in [-0.3, -0.25) is 0 Å². The van der Waals surface area contributed by atoms with Gasteiger partial charge in [-0.1, -0.05) is 30.3 Å². The van der Waals surface area contributed by atoms with Gasteiger partial charge in [-0.2, -0.15) is 0 Å². The summed E-state index contributed by atoms with van der Waals surface area (Å²) < 4.78 is 10.9. The first-order valence-corrected chi connectivity index (χ1v) is 7.56. The number of nitrogens with one attached hydrogen (secondary N) is 1. The van der Waals surface area contributed by atoms with Crippen molar-refractivity contribution in [2.45, 2.75) is 26.4 Å². The monoisotopic (exact) mass is 313 g/mol. The average Bonchev–Trinajstić information content (AvgIpc) is 3.18. The predicted molar refractivity (Wildman–Crippen MR) is 85.8 cm³/mol. The Morgan fingerprint density at radius 2 is 2.09 bits per heavy atom. The summed E-state index contributed by atoms with van der Waals surface area (Å²) in [5, 5.41) is 7.73. The van der Waals surface area contributed by atoms with Crippen molar-refractivity contribution in [1.82, 2.24) is 15.4 Å². The SMILES string of the molecule is CCc1cc(CNC(=O)N(C)Cc2cc3ccccc3o2)on1. The van der Waals surface area contributed by atoms with Crippen LogP contribution in [0.15, 0.2) is 45.3 Å². The summed E-state index contributed by atoms with van der Waals surface area (Å²) >= 11 is 0. The lowest BCUT2D eigenvalue weighted by Crippen LogP contribution is -2.36. The smallest absolute Gasteiger partial charge is 0.317 e. The standard InChI is InChI=1S/C17H19N3O3/c1-3-13-9-14(23-19-13)10-18-17(21)20(2)11-15-8-12-6-4-5-7-16(12)22-15/h4-9H,3,10-11H2,1-2H3,(H,18,21). The molecule has 0 radical (unpaired) electrons. The van der Waals surface area contributed by atoms with Crippen molar-refractivity contribution in [3.8, 4) is 0 Å². The summed E-state index contributed by atoms with van der Waals surface area (Å²) in [6.07, 6.45) is 0.809. The Labute approximate surface area is 134 Å². The number of nitrogens with zero attached hydrogens (tertiary/aromatic N) is 2. The summed E-state index contributed by atoms with van der Waals surface area (Å²) in [5.41, 5.74) is 1.70.